The minimum absolute atomic E-state index is 0.0307. The number of hydrogen-bond acceptors (Lipinski definition) is 2. The first-order valence-corrected chi connectivity index (χ1v) is 4.67. The topological polar surface area (TPSA) is 35.8 Å². The van der Waals surface area contributed by atoms with Crippen LogP contribution in [0.25, 0.3) is 0 Å². The van der Waals surface area contributed by atoms with Crippen molar-refractivity contribution in [3.63, 3.8) is 0 Å². The zero-order chi connectivity index (χ0) is 9.97. The van der Waals surface area contributed by atoms with Crippen LogP contribution in [0.3, 0.4) is 0 Å². The van der Waals surface area contributed by atoms with Crippen molar-refractivity contribution >= 4 is 0 Å². The molecule has 14 heavy (non-hydrogen) atoms. The van der Waals surface area contributed by atoms with E-state index >= 15 is 0 Å². The van der Waals surface area contributed by atoms with Crippen LogP contribution in [0.15, 0.2) is 24.3 Å². The van der Waals surface area contributed by atoms with Crippen LogP contribution in [0.2, 0.25) is 0 Å². The molecule has 0 radical (unpaired) electrons. The molecule has 0 bridgehead atoms. The van der Waals surface area contributed by atoms with Gasteiger partial charge in [-0.1, -0.05) is 12.1 Å². The maximum atomic E-state index is 12.9. The van der Waals surface area contributed by atoms with Gasteiger partial charge in [-0.25, -0.2) is 4.39 Å². The Morgan fingerprint density at radius 1 is 1.43 bits per heavy atom. The summed E-state index contributed by atoms with van der Waals surface area (Å²) in [7, 11) is 0. The maximum absolute atomic E-state index is 12.9. The summed E-state index contributed by atoms with van der Waals surface area (Å²) in [5, 5.41) is 12.0. The number of rotatable bonds is 1. The number of nitriles is 1. The molecule has 0 amide bonds. The molecular weight excluding hydrogens is 179 g/mol. The Kier molecular flexibility index (Phi) is 2.47. The monoisotopic (exact) mass is 190 g/mol. The lowest BCUT2D eigenvalue weighted by Crippen LogP contribution is -2.08. The molecule has 2 nitrogen and oxygen atoms in total. The van der Waals surface area contributed by atoms with Crippen molar-refractivity contribution in [2.45, 2.75) is 5.92 Å². The quantitative estimate of drug-likeness (QED) is 0.731. The van der Waals surface area contributed by atoms with Crippen molar-refractivity contribution in [2.24, 2.45) is 5.92 Å². The smallest absolute Gasteiger partial charge is 0.123 e. The van der Waals surface area contributed by atoms with E-state index in [-0.39, 0.29) is 17.7 Å². The minimum atomic E-state index is -0.230. The third kappa shape index (κ3) is 1.61. The number of nitrogens with zero attached hydrogens (tertiary/aromatic N) is 1. The Hall–Kier alpha value is -1.40. The van der Waals surface area contributed by atoms with E-state index in [1.807, 2.05) is 6.07 Å². The fraction of sp³-hybridized carbons (Fsp3) is 0.364. The fourth-order valence-corrected chi connectivity index (χ4v) is 1.90. The Morgan fingerprint density at radius 2 is 2.29 bits per heavy atom. The van der Waals surface area contributed by atoms with E-state index in [4.69, 9.17) is 5.26 Å². The fourth-order valence-electron chi connectivity index (χ4n) is 1.90. The highest BCUT2D eigenvalue weighted by molar-refractivity contribution is 5.25. The number of hydrogen-bond donors (Lipinski definition) is 1. The van der Waals surface area contributed by atoms with Gasteiger partial charge in [-0.05, 0) is 17.7 Å². The molecule has 2 atom stereocenters. The highest BCUT2D eigenvalue weighted by Gasteiger charge is 2.28. The molecule has 0 aliphatic carbocycles. The highest BCUT2D eigenvalue weighted by Crippen LogP contribution is 2.27. The second kappa shape index (κ2) is 3.77. The Balaban J connectivity index is 2.27. The predicted octanol–water partition coefficient (Wildman–Crippen LogP) is 1.65. The van der Waals surface area contributed by atoms with Gasteiger partial charge in [0.05, 0.1) is 12.0 Å². The summed E-state index contributed by atoms with van der Waals surface area (Å²) < 4.78 is 12.9. The Morgan fingerprint density at radius 3 is 3.00 bits per heavy atom. The van der Waals surface area contributed by atoms with Gasteiger partial charge in [0.1, 0.15) is 5.82 Å². The lowest BCUT2D eigenvalue weighted by atomic mass is 9.90. The van der Waals surface area contributed by atoms with E-state index in [2.05, 4.69) is 11.4 Å². The van der Waals surface area contributed by atoms with Gasteiger partial charge in [-0.15, -0.1) is 0 Å². The summed E-state index contributed by atoms with van der Waals surface area (Å²) >= 11 is 0. The van der Waals surface area contributed by atoms with Crippen LogP contribution in [0.5, 0.6) is 0 Å². The van der Waals surface area contributed by atoms with Crippen molar-refractivity contribution < 1.29 is 4.39 Å². The van der Waals surface area contributed by atoms with Crippen LogP contribution in [0.4, 0.5) is 4.39 Å². The minimum Gasteiger partial charge on any atom is -0.315 e. The Labute approximate surface area is 82.4 Å². The molecule has 0 saturated carbocycles. The van der Waals surface area contributed by atoms with Crippen LogP contribution in [-0.4, -0.2) is 13.1 Å². The Bertz CT molecular complexity index is 370. The van der Waals surface area contributed by atoms with Gasteiger partial charge in [-0.2, -0.15) is 5.26 Å². The zero-order valence-electron chi connectivity index (χ0n) is 7.70. The van der Waals surface area contributed by atoms with Crippen molar-refractivity contribution in [2.75, 3.05) is 13.1 Å². The van der Waals surface area contributed by atoms with E-state index in [0.717, 1.165) is 12.1 Å². The van der Waals surface area contributed by atoms with Crippen LogP contribution in [0.1, 0.15) is 11.5 Å². The first kappa shape index (κ1) is 9.17. The molecule has 3 heteroatoms. The van der Waals surface area contributed by atoms with E-state index in [1.165, 1.54) is 12.1 Å². The predicted molar refractivity (Wildman–Crippen MR) is 51.1 cm³/mol. The first-order chi connectivity index (χ1) is 6.81. The summed E-state index contributed by atoms with van der Waals surface area (Å²) in [4.78, 5) is 0. The molecule has 1 aliphatic heterocycles. The molecule has 1 aromatic carbocycles. The van der Waals surface area contributed by atoms with Crippen LogP contribution < -0.4 is 5.32 Å². The molecule has 1 aliphatic rings. The number of benzene rings is 1. The van der Waals surface area contributed by atoms with Gasteiger partial charge < -0.3 is 5.32 Å². The number of halogens is 1. The molecule has 0 spiro atoms. The van der Waals surface area contributed by atoms with Gasteiger partial charge in [-0.3, -0.25) is 0 Å². The third-order valence-electron chi connectivity index (χ3n) is 2.66. The summed E-state index contributed by atoms with van der Waals surface area (Å²) in [6.07, 6.45) is 0. The van der Waals surface area contributed by atoms with Crippen molar-refractivity contribution in [1.82, 2.24) is 5.32 Å². The lowest BCUT2D eigenvalue weighted by molar-refractivity contribution is 0.608. The molecule has 2 rings (SSSR count). The molecule has 1 N–H and O–H groups in total. The van der Waals surface area contributed by atoms with Crippen molar-refractivity contribution in [1.29, 1.82) is 5.26 Å². The van der Waals surface area contributed by atoms with Crippen LogP contribution in [-0.2, 0) is 0 Å². The molecule has 0 unspecified atom stereocenters. The number of nitrogens with one attached hydrogen (secondary N) is 1. The normalized spacial score (nSPS) is 26.0. The SMILES string of the molecule is N#C[C@@H]1CNC[C@@H]1c1cccc(F)c1. The molecule has 1 aromatic rings. The summed E-state index contributed by atoms with van der Waals surface area (Å²) in [5.41, 5.74) is 0.918. The molecule has 72 valence electrons. The molecule has 1 heterocycles. The van der Waals surface area contributed by atoms with Gasteiger partial charge >= 0.3 is 0 Å². The van der Waals surface area contributed by atoms with Crippen LogP contribution >= 0.6 is 0 Å². The zero-order valence-corrected chi connectivity index (χ0v) is 7.70. The molecule has 1 fully saturated rings. The highest BCUT2D eigenvalue weighted by atomic mass is 19.1. The molecular formula is C11H11FN2. The van der Waals surface area contributed by atoms with Gasteiger partial charge in [0.15, 0.2) is 0 Å². The summed E-state index contributed by atoms with van der Waals surface area (Å²) in [5.74, 6) is -0.126. The maximum Gasteiger partial charge on any atom is 0.123 e. The second-order valence-electron chi connectivity index (χ2n) is 3.56. The summed E-state index contributed by atoms with van der Waals surface area (Å²) in [6.45, 7) is 1.47. The first-order valence-electron chi connectivity index (χ1n) is 4.67. The van der Waals surface area contributed by atoms with E-state index in [9.17, 15) is 4.39 Å². The van der Waals surface area contributed by atoms with E-state index in [0.29, 0.717) is 6.54 Å². The molecule has 1 saturated heterocycles. The lowest BCUT2D eigenvalue weighted by Gasteiger charge is -2.12. The van der Waals surface area contributed by atoms with Gasteiger partial charge in [0.25, 0.3) is 0 Å². The second-order valence-corrected chi connectivity index (χ2v) is 3.56. The average molecular weight is 190 g/mol. The summed E-state index contributed by atoms with van der Waals surface area (Å²) in [6, 6.07) is 8.76. The van der Waals surface area contributed by atoms with Crippen LogP contribution in [0, 0.1) is 23.1 Å². The standard InChI is InChI=1S/C11H11FN2/c12-10-3-1-2-8(4-10)11-7-14-6-9(11)5-13/h1-4,9,11,14H,6-7H2/t9-,11-/m1/s1. The van der Waals surface area contributed by atoms with E-state index < -0.39 is 0 Å². The van der Waals surface area contributed by atoms with Crippen molar-refractivity contribution in [3.8, 4) is 6.07 Å². The van der Waals surface area contributed by atoms with Gasteiger partial charge in [0.2, 0.25) is 0 Å². The third-order valence-corrected chi connectivity index (χ3v) is 2.66. The van der Waals surface area contributed by atoms with Crippen molar-refractivity contribution in [3.05, 3.63) is 35.6 Å². The van der Waals surface area contributed by atoms with E-state index in [1.54, 1.807) is 6.07 Å². The molecule has 0 aromatic heterocycles. The average Bonchev–Trinajstić information content (AvgIpc) is 2.65. The van der Waals surface area contributed by atoms with Gasteiger partial charge in [0, 0.05) is 19.0 Å². The largest absolute Gasteiger partial charge is 0.315 e.